The van der Waals surface area contributed by atoms with Crippen molar-refractivity contribution in [3.63, 3.8) is 0 Å². The molecule has 0 unspecified atom stereocenters. The molecule has 3 heterocycles. The molecule has 10 nitrogen and oxygen atoms in total. The zero-order valence-corrected chi connectivity index (χ0v) is 13.9. The monoisotopic (exact) mass is 391 g/mol. The second-order valence-corrected chi connectivity index (χ2v) is 6.78. The molecule has 4 aromatic rings. The molecule has 12 heteroatoms. The van der Waals surface area contributed by atoms with E-state index in [2.05, 4.69) is 15.1 Å². The minimum atomic E-state index is -4.78. The maximum atomic E-state index is 13.4. The van der Waals surface area contributed by atoms with E-state index >= 15 is 0 Å². The first-order valence-corrected chi connectivity index (χ1v) is 8.71. The summed E-state index contributed by atoms with van der Waals surface area (Å²) in [5, 5.41) is 3.16. The van der Waals surface area contributed by atoms with Crippen LogP contribution in [0.3, 0.4) is 0 Å². The number of H-pyrrole nitrogens is 2. The van der Waals surface area contributed by atoms with Crippen LogP contribution in [-0.2, 0) is 10.1 Å². The van der Waals surface area contributed by atoms with E-state index in [1.807, 2.05) is 0 Å². The van der Waals surface area contributed by atoms with Crippen LogP contribution in [0.5, 0.6) is 0 Å². The number of aromatic nitrogens is 3. The maximum absolute atomic E-state index is 13.4. The van der Waals surface area contributed by atoms with Gasteiger partial charge in [0.2, 0.25) is 5.09 Å². The molecule has 0 spiro atoms. The minimum absolute atomic E-state index is 0.00498. The quantitative estimate of drug-likeness (QED) is 0.387. The van der Waals surface area contributed by atoms with Crippen molar-refractivity contribution >= 4 is 38.3 Å². The van der Waals surface area contributed by atoms with Crippen LogP contribution in [0.25, 0.3) is 21.9 Å². The van der Waals surface area contributed by atoms with Gasteiger partial charge >= 0.3 is 11.2 Å². The summed E-state index contributed by atoms with van der Waals surface area (Å²) in [6.07, 6.45) is 0.902. The number of fused-ring (bicyclic) bond motifs is 3. The van der Waals surface area contributed by atoms with Crippen molar-refractivity contribution < 1.29 is 21.8 Å². The molecular weight excluding hydrogens is 383 g/mol. The molecule has 1 aromatic carbocycles. The highest BCUT2D eigenvalue weighted by atomic mass is 32.2. The van der Waals surface area contributed by atoms with E-state index in [4.69, 9.17) is 4.42 Å². The average molecular weight is 391 g/mol. The van der Waals surface area contributed by atoms with Crippen LogP contribution in [0.15, 0.2) is 54.5 Å². The predicted octanol–water partition coefficient (Wildman–Crippen LogP) is 0.689. The highest BCUT2D eigenvalue weighted by Crippen LogP contribution is 2.21. The van der Waals surface area contributed by atoms with E-state index in [0.717, 1.165) is 18.3 Å². The molecule has 0 fully saturated rings. The lowest BCUT2D eigenvalue weighted by molar-refractivity contribution is 0.395. The summed E-state index contributed by atoms with van der Waals surface area (Å²) >= 11 is 0. The topological polar surface area (TPSA) is 153 Å². The zero-order valence-electron chi connectivity index (χ0n) is 13.1. The largest absolute Gasteiger partial charge is 0.742 e. The second kappa shape index (κ2) is 5.75. The van der Waals surface area contributed by atoms with Gasteiger partial charge in [-0.3, -0.25) is 4.79 Å². The van der Waals surface area contributed by atoms with Gasteiger partial charge in [-0.2, -0.15) is 5.10 Å². The van der Waals surface area contributed by atoms with Crippen LogP contribution >= 0.6 is 0 Å². The molecule has 0 radical (unpaired) electrons. The number of aromatic amines is 2. The molecule has 0 amide bonds. The molecule has 0 bridgehead atoms. The lowest BCUT2D eigenvalue weighted by atomic mass is 10.2. The van der Waals surface area contributed by atoms with Gasteiger partial charge in [0.25, 0.3) is 0 Å². The van der Waals surface area contributed by atoms with Crippen molar-refractivity contribution in [1.29, 1.82) is 0 Å². The third-order valence-electron chi connectivity index (χ3n) is 3.74. The number of hydrogen-bond donors (Lipinski definition) is 2. The lowest BCUT2D eigenvalue weighted by Gasteiger charge is -2.00. The van der Waals surface area contributed by atoms with Crippen molar-refractivity contribution in [2.24, 2.45) is 5.10 Å². The van der Waals surface area contributed by atoms with E-state index in [-0.39, 0.29) is 16.8 Å². The first kappa shape index (κ1) is 16.9. The van der Waals surface area contributed by atoms with Gasteiger partial charge in [-0.25, -0.2) is 17.6 Å². The molecule has 0 aliphatic heterocycles. The molecule has 4 rings (SSSR count). The zero-order chi connectivity index (χ0) is 19.3. The van der Waals surface area contributed by atoms with Crippen LogP contribution in [0.1, 0.15) is 5.76 Å². The van der Waals surface area contributed by atoms with Gasteiger partial charge in [0, 0.05) is 10.9 Å². The number of halogens is 1. The Kier molecular flexibility index (Phi) is 3.61. The van der Waals surface area contributed by atoms with Gasteiger partial charge in [0.05, 0.1) is 11.7 Å². The van der Waals surface area contributed by atoms with Crippen LogP contribution in [0, 0.1) is 5.82 Å². The molecule has 0 aliphatic rings. The molecule has 0 atom stereocenters. The molecular formula is C15H8FN4O6S-. The Bertz CT molecular complexity index is 1460. The average Bonchev–Trinajstić information content (AvgIpc) is 3.20. The highest BCUT2D eigenvalue weighted by Gasteiger charge is 2.13. The van der Waals surface area contributed by atoms with Crippen LogP contribution in [0.4, 0.5) is 4.39 Å². The summed E-state index contributed by atoms with van der Waals surface area (Å²) in [6, 6.07) is 5.85. The summed E-state index contributed by atoms with van der Waals surface area (Å²) in [6.45, 7) is 0. The fraction of sp³-hybridized carbons (Fsp3) is 0. The summed E-state index contributed by atoms with van der Waals surface area (Å²) < 4.78 is 51.2. The molecule has 0 aliphatic carbocycles. The Balaban J connectivity index is 1.85. The van der Waals surface area contributed by atoms with Crippen molar-refractivity contribution in [3.8, 4) is 0 Å². The Morgan fingerprint density at radius 2 is 1.93 bits per heavy atom. The first-order chi connectivity index (χ1) is 12.7. The standard InChI is InChI=1S/C15H9FN4O6S/c16-7-1-3-10-9(5-7)12-13(18-10)14(21)20(15(22)19-12)17-6-8-2-4-11(26-8)27(23,24)25/h1-6,18H,(H,19,22)(H,23,24,25)/p-1. The second-order valence-electron chi connectivity index (χ2n) is 5.47. The third-order valence-corrected chi connectivity index (χ3v) is 4.45. The number of nitrogens with one attached hydrogen (secondary N) is 2. The lowest BCUT2D eigenvalue weighted by Crippen LogP contribution is -2.32. The molecule has 0 saturated heterocycles. The fourth-order valence-electron chi connectivity index (χ4n) is 2.57. The Hall–Kier alpha value is -3.51. The summed E-state index contributed by atoms with van der Waals surface area (Å²) in [7, 11) is -4.78. The number of hydrogen-bond acceptors (Lipinski definition) is 7. The summed E-state index contributed by atoms with van der Waals surface area (Å²) in [5.74, 6) is -0.692. The van der Waals surface area contributed by atoms with E-state index in [1.54, 1.807) is 0 Å². The van der Waals surface area contributed by atoms with Gasteiger partial charge in [-0.05, 0) is 30.3 Å². The van der Waals surface area contributed by atoms with Gasteiger partial charge in [0.1, 0.15) is 17.1 Å². The molecule has 0 saturated carbocycles. The number of nitrogens with zero attached hydrogens (tertiary/aromatic N) is 2. The minimum Gasteiger partial charge on any atom is -0.742 e. The SMILES string of the molecule is O=c1[nH]c2c([nH]c3ccc(F)cc32)c(=O)n1N=Cc1ccc(S(=O)(=O)[O-])o1. The molecule has 27 heavy (non-hydrogen) atoms. The normalized spacial score (nSPS) is 12.5. The first-order valence-electron chi connectivity index (χ1n) is 7.30. The Labute approximate surface area is 148 Å². The molecule has 138 valence electrons. The number of benzene rings is 1. The van der Waals surface area contributed by atoms with Crippen molar-refractivity contribution in [2.45, 2.75) is 5.09 Å². The van der Waals surface area contributed by atoms with E-state index in [0.29, 0.717) is 15.6 Å². The van der Waals surface area contributed by atoms with E-state index in [1.165, 1.54) is 18.2 Å². The van der Waals surface area contributed by atoms with Crippen LogP contribution in [-0.4, -0.2) is 33.8 Å². The Morgan fingerprint density at radius 1 is 1.15 bits per heavy atom. The van der Waals surface area contributed by atoms with Crippen molar-refractivity contribution in [3.05, 3.63) is 62.7 Å². The maximum Gasteiger partial charge on any atom is 0.350 e. The Morgan fingerprint density at radius 3 is 2.63 bits per heavy atom. The fourth-order valence-corrected chi connectivity index (χ4v) is 3.00. The predicted molar refractivity (Wildman–Crippen MR) is 90.3 cm³/mol. The van der Waals surface area contributed by atoms with Crippen molar-refractivity contribution in [1.82, 2.24) is 14.6 Å². The number of furan rings is 1. The summed E-state index contributed by atoms with van der Waals surface area (Å²) in [4.78, 5) is 29.9. The van der Waals surface area contributed by atoms with Gasteiger partial charge in [-0.1, -0.05) is 0 Å². The smallest absolute Gasteiger partial charge is 0.350 e. The third kappa shape index (κ3) is 2.86. The highest BCUT2D eigenvalue weighted by molar-refractivity contribution is 7.85. The number of rotatable bonds is 3. The van der Waals surface area contributed by atoms with E-state index in [9.17, 15) is 27.0 Å². The van der Waals surface area contributed by atoms with Crippen LogP contribution < -0.4 is 11.2 Å². The molecule has 2 N–H and O–H groups in total. The van der Waals surface area contributed by atoms with Gasteiger partial charge < -0.3 is 18.9 Å². The van der Waals surface area contributed by atoms with Gasteiger partial charge in [-0.15, -0.1) is 4.68 Å². The summed E-state index contributed by atoms with van der Waals surface area (Å²) in [5.41, 5.74) is -1.16. The van der Waals surface area contributed by atoms with Crippen molar-refractivity contribution in [2.75, 3.05) is 0 Å². The van der Waals surface area contributed by atoms with Crippen LogP contribution in [0.2, 0.25) is 0 Å². The van der Waals surface area contributed by atoms with E-state index < -0.39 is 32.3 Å². The van der Waals surface area contributed by atoms with Gasteiger partial charge in [0.15, 0.2) is 10.1 Å². The molecule has 3 aromatic heterocycles.